The SMILES string of the molecule is C=C.CC1=C(/C=C\C(C)O)c2nc(CC3CCCC3)c(NC(=O)CCCc3ccccc3)nc2CC1. The number of carbonyl (C=O) groups excluding carboxylic acids is 1. The van der Waals surface area contributed by atoms with E-state index in [0.29, 0.717) is 18.2 Å². The Balaban J connectivity index is 0.00000176. The van der Waals surface area contributed by atoms with Gasteiger partial charge in [-0.05, 0) is 57.4 Å². The molecule has 4 rings (SSSR count). The average Bonchev–Trinajstić information content (AvgIpc) is 3.39. The van der Waals surface area contributed by atoms with E-state index in [0.717, 1.165) is 54.8 Å². The van der Waals surface area contributed by atoms with Crippen LogP contribution in [-0.4, -0.2) is 27.1 Å². The summed E-state index contributed by atoms with van der Waals surface area (Å²) < 4.78 is 0. The van der Waals surface area contributed by atoms with Gasteiger partial charge >= 0.3 is 0 Å². The molecule has 5 heteroatoms. The third kappa shape index (κ3) is 7.72. The number of hydrogen-bond donors (Lipinski definition) is 2. The molecule has 1 aromatic carbocycles. The number of amides is 1. The van der Waals surface area contributed by atoms with Gasteiger partial charge in [0.15, 0.2) is 5.82 Å². The third-order valence-corrected chi connectivity index (χ3v) is 6.96. The first-order valence-corrected chi connectivity index (χ1v) is 13.3. The number of nitrogens with one attached hydrogen (secondary N) is 1. The maximum Gasteiger partial charge on any atom is 0.225 e. The number of benzene rings is 1. The first-order chi connectivity index (χ1) is 17.5. The fourth-order valence-electron chi connectivity index (χ4n) is 5.02. The standard InChI is InChI=1S/C29H37N3O2.C2H4/c1-20-15-18-25-28(24(20)17-16-21(2)33)30-26(19-23-11-6-7-12-23)29(31-25)32-27(34)14-8-13-22-9-4-3-5-10-22;1-2/h3-5,9-10,16-17,21,23,33H,6-8,11-15,18-19H2,1-2H3,(H,31,32,34);1-2H2/b17-16-;. The van der Waals surface area contributed by atoms with E-state index in [1.54, 1.807) is 13.0 Å². The largest absolute Gasteiger partial charge is 0.389 e. The van der Waals surface area contributed by atoms with Crippen LogP contribution >= 0.6 is 0 Å². The molecule has 0 radical (unpaired) electrons. The highest BCUT2D eigenvalue weighted by Gasteiger charge is 2.24. The molecule has 1 aromatic heterocycles. The van der Waals surface area contributed by atoms with Crippen LogP contribution in [0.4, 0.5) is 5.82 Å². The van der Waals surface area contributed by atoms with Gasteiger partial charge in [-0.2, -0.15) is 0 Å². The van der Waals surface area contributed by atoms with E-state index in [1.807, 2.05) is 24.3 Å². The van der Waals surface area contributed by atoms with Gasteiger partial charge in [0.25, 0.3) is 0 Å². The monoisotopic (exact) mass is 487 g/mol. The minimum atomic E-state index is -0.508. The second-order valence-electron chi connectivity index (χ2n) is 9.85. The van der Waals surface area contributed by atoms with Crippen molar-refractivity contribution >= 4 is 17.3 Å². The molecule has 1 heterocycles. The summed E-state index contributed by atoms with van der Waals surface area (Å²) in [6.07, 6.45) is 13.0. The highest BCUT2D eigenvalue weighted by atomic mass is 16.3. The summed E-state index contributed by atoms with van der Waals surface area (Å²) in [4.78, 5) is 22.9. The van der Waals surface area contributed by atoms with Crippen LogP contribution in [0.1, 0.15) is 81.4 Å². The molecule has 36 heavy (non-hydrogen) atoms. The number of fused-ring (bicyclic) bond motifs is 1. The number of carbonyl (C=O) groups is 1. The molecule has 192 valence electrons. The summed E-state index contributed by atoms with van der Waals surface area (Å²) >= 11 is 0. The number of allylic oxidation sites excluding steroid dienone is 3. The molecule has 0 bridgehead atoms. The molecule has 1 fully saturated rings. The lowest BCUT2D eigenvalue weighted by atomic mass is 9.91. The van der Waals surface area contributed by atoms with Gasteiger partial charge in [0.1, 0.15) is 0 Å². The summed E-state index contributed by atoms with van der Waals surface area (Å²) in [5.41, 5.74) is 6.33. The van der Waals surface area contributed by atoms with E-state index < -0.39 is 6.10 Å². The van der Waals surface area contributed by atoms with Crippen molar-refractivity contribution in [1.29, 1.82) is 0 Å². The van der Waals surface area contributed by atoms with Crippen molar-refractivity contribution in [1.82, 2.24) is 9.97 Å². The average molecular weight is 488 g/mol. The van der Waals surface area contributed by atoms with E-state index in [1.165, 1.54) is 36.8 Å². The van der Waals surface area contributed by atoms with Gasteiger partial charge in [-0.25, -0.2) is 9.97 Å². The highest BCUT2D eigenvalue weighted by Crippen LogP contribution is 2.34. The molecule has 5 nitrogen and oxygen atoms in total. The number of nitrogens with zero attached hydrogens (tertiary/aromatic N) is 2. The van der Waals surface area contributed by atoms with Gasteiger partial charge in [-0.15, -0.1) is 13.2 Å². The van der Waals surface area contributed by atoms with E-state index in [-0.39, 0.29) is 5.91 Å². The van der Waals surface area contributed by atoms with Crippen molar-refractivity contribution in [3.8, 4) is 0 Å². The third-order valence-electron chi connectivity index (χ3n) is 6.96. The predicted octanol–water partition coefficient (Wildman–Crippen LogP) is 6.63. The maximum atomic E-state index is 12.8. The molecule has 2 aliphatic rings. The van der Waals surface area contributed by atoms with Crippen LogP contribution in [-0.2, 0) is 24.1 Å². The summed E-state index contributed by atoms with van der Waals surface area (Å²) in [6, 6.07) is 10.3. The molecule has 0 aliphatic heterocycles. The lowest BCUT2D eigenvalue weighted by Crippen LogP contribution is -2.19. The van der Waals surface area contributed by atoms with Gasteiger partial charge in [0.05, 0.1) is 23.2 Å². The number of aromatic nitrogens is 2. The number of rotatable bonds is 9. The van der Waals surface area contributed by atoms with E-state index in [9.17, 15) is 9.90 Å². The molecule has 0 spiro atoms. The van der Waals surface area contributed by atoms with Gasteiger partial charge in [0, 0.05) is 12.0 Å². The zero-order valence-corrected chi connectivity index (χ0v) is 21.9. The number of aliphatic hydroxyl groups is 1. The van der Waals surface area contributed by atoms with Crippen LogP contribution in [0, 0.1) is 5.92 Å². The van der Waals surface area contributed by atoms with Gasteiger partial charge in [-0.1, -0.05) is 73.7 Å². The first-order valence-electron chi connectivity index (χ1n) is 13.3. The van der Waals surface area contributed by atoms with Crippen molar-refractivity contribution in [3.63, 3.8) is 0 Å². The Morgan fingerprint density at radius 3 is 2.58 bits per heavy atom. The number of anilines is 1. The molecule has 1 unspecified atom stereocenters. The van der Waals surface area contributed by atoms with E-state index in [4.69, 9.17) is 9.97 Å². The maximum absolute atomic E-state index is 12.8. The predicted molar refractivity (Wildman–Crippen MR) is 149 cm³/mol. The van der Waals surface area contributed by atoms with Gasteiger partial charge in [-0.3, -0.25) is 4.79 Å². The van der Waals surface area contributed by atoms with Crippen molar-refractivity contribution in [2.45, 2.75) is 84.2 Å². The molecule has 1 saturated carbocycles. The van der Waals surface area contributed by atoms with Gasteiger partial charge in [0.2, 0.25) is 5.91 Å². The second-order valence-corrected chi connectivity index (χ2v) is 9.85. The molecule has 2 aromatic rings. The van der Waals surface area contributed by atoms with Gasteiger partial charge < -0.3 is 10.4 Å². The van der Waals surface area contributed by atoms with E-state index in [2.05, 4.69) is 37.5 Å². The second kappa shape index (κ2) is 13.9. The molecular formula is C31H41N3O2. The van der Waals surface area contributed by atoms with Crippen molar-refractivity contribution in [3.05, 3.63) is 83.9 Å². The van der Waals surface area contributed by atoms with E-state index >= 15 is 0 Å². The van der Waals surface area contributed by atoms with Crippen LogP contribution in [0.5, 0.6) is 0 Å². The summed E-state index contributed by atoms with van der Waals surface area (Å²) in [7, 11) is 0. The van der Waals surface area contributed by atoms with Crippen LogP contribution in [0.2, 0.25) is 0 Å². The molecule has 0 saturated heterocycles. The lowest BCUT2D eigenvalue weighted by molar-refractivity contribution is -0.116. The Hall–Kier alpha value is -3.05. The molecule has 2 N–H and O–H groups in total. The molecule has 1 atom stereocenters. The van der Waals surface area contributed by atoms with Crippen molar-refractivity contribution < 1.29 is 9.90 Å². The Kier molecular flexibility index (Phi) is 10.6. The number of hydrogen-bond acceptors (Lipinski definition) is 4. The summed E-state index contributed by atoms with van der Waals surface area (Å²) in [5, 5.41) is 12.9. The first kappa shape index (κ1) is 27.5. The Labute approximate surface area is 216 Å². The molecular weight excluding hydrogens is 446 g/mol. The highest BCUT2D eigenvalue weighted by molar-refractivity contribution is 5.90. The smallest absolute Gasteiger partial charge is 0.225 e. The Bertz CT molecular complexity index is 1070. The minimum absolute atomic E-state index is 0.00890. The van der Waals surface area contributed by atoms with Crippen LogP contribution < -0.4 is 5.32 Å². The topological polar surface area (TPSA) is 75.1 Å². The van der Waals surface area contributed by atoms with Crippen LogP contribution in [0.15, 0.2) is 61.2 Å². The fourth-order valence-corrected chi connectivity index (χ4v) is 5.02. The summed E-state index contributed by atoms with van der Waals surface area (Å²) in [6.45, 7) is 9.88. The number of aliphatic hydroxyl groups excluding tert-OH is 1. The fraction of sp³-hybridized carbons (Fsp3) is 0.452. The van der Waals surface area contributed by atoms with Crippen molar-refractivity contribution in [2.24, 2.45) is 5.92 Å². The quantitative estimate of drug-likeness (QED) is 0.389. The number of aryl methyl sites for hydroxylation is 2. The zero-order chi connectivity index (χ0) is 25.9. The zero-order valence-electron chi connectivity index (χ0n) is 21.9. The van der Waals surface area contributed by atoms with Crippen LogP contribution in [0.25, 0.3) is 5.57 Å². The van der Waals surface area contributed by atoms with Crippen LogP contribution in [0.3, 0.4) is 0 Å². The Morgan fingerprint density at radius 2 is 1.89 bits per heavy atom. The Morgan fingerprint density at radius 1 is 1.17 bits per heavy atom. The lowest BCUT2D eigenvalue weighted by Gasteiger charge is -2.22. The molecule has 2 aliphatic carbocycles. The summed E-state index contributed by atoms with van der Waals surface area (Å²) in [5.74, 6) is 1.26. The molecule has 1 amide bonds. The minimum Gasteiger partial charge on any atom is -0.389 e. The normalized spacial score (nSPS) is 16.4. The van der Waals surface area contributed by atoms with Crippen molar-refractivity contribution in [2.75, 3.05) is 5.32 Å².